The molecular formula is C33H38N4O5S. The number of hydrogen-bond acceptors (Lipinski definition) is 7. The molecule has 0 saturated heterocycles. The quantitative estimate of drug-likeness (QED) is 0.264. The first-order chi connectivity index (χ1) is 20.3. The maximum absolute atomic E-state index is 13.7. The van der Waals surface area contributed by atoms with Gasteiger partial charge in [0.05, 0.1) is 28.8 Å². The highest BCUT2D eigenvalue weighted by molar-refractivity contribution is 7.89. The average molecular weight is 603 g/mol. The highest BCUT2D eigenvalue weighted by atomic mass is 32.2. The largest absolute Gasteiger partial charge is 0.377 e. The van der Waals surface area contributed by atoms with Crippen LogP contribution >= 0.6 is 0 Å². The van der Waals surface area contributed by atoms with Gasteiger partial charge in [-0.1, -0.05) is 61.5 Å². The molecule has 0 bridgehead atoms. The molecule has 10 heteroatoms. The van der Waals surface area contributed by atoms with Crippen LogP contribution in [-0.4, -0.2) is 44.4 Å². The molecule has 1 unspecified atom stereocenters. The summed E-state index contributed by atoms with van der Waals surface area (Å²) in [5.74, 6) is 0.0232. The van der Waals surface area contributed by atoms with Gasteiger partial charge in [0.1, 0.15) is 0 Å². The monoisotopic (exact) mass is 602 g/mol. The van der Waals surface area contributed by atoms with E-state index in [0.29, 0.717) is 46.2 Å². The Morgan fingerprint density at radius 1 is 1.07 bits per heavy atom. The van der Waals surface area contributed by atoms with Crippen LogP contribution < -0.4 is 10.0 Å². The zero-order valence-electron chi connectivity index (χ0n) is 25.2. The zero-order chi connectivity index (χ0) is 31.3. The molecule has 0 fully saturated rings. The number of rotatable bonds is 11. The van der Waals surface area contributed by atoms with E-state index in [1.807, 2.05) is 6.07 Å². The number of anilines is 1. The lowest BCUT2D eigenvalue weighted by molar-refractivity contribution is -0.146. The van der Waals surface area contributed by atoms with Crippen LogP contribution in [0.15, 0.2) is 82.8 Å². The Balaban J connectivity index is 1.55. The summed E-state index contributed by atoms with van der Waals surface area (Å²) in [6.07, 6.45) is 0.999. The van der Waals surface area contributed by atoms with E-state index in [1.165, 1.54) is 0 Å². The predicted molar refractivity (Wildman–Crippen MR) is 167 cm³/mol. The molecule has 0 aromatic heterocycles. The van der Waals surface area contributed by atoms with E-state index in [0.717, 1.165) is 6.42 Å². The molecule has 3 aromatic rings. The van der Waals surface area contributed by atoms with Crippen LogP contribution in [0, 0.1) is 17.2 Å². The normalized spacial score (nSPS) is 16.8. The van der Waals surface area contributed by atoms with Crippen molar-refractivity contribution in [1.82, 2.24) is 4.72 Å². The van der Waals surface area contributed by atoms with Crippen LogP contribution in [0.1, 0.15) is 58.6 Å². The number of benzene rings is 3. The molecule has 0 saturated carbocycles. The lowest BCUT2D eigenvalue weighted by Crippen LogP contribution is -2.47. The van der Waals surface area contributed by atoms with Crippen molar-refractivity contribution in [3.05, 3.63) is 83.9 Å². The molecule has 2 N–H and O–H groups in total. The van der Waals surface area contributed by atoms with Crippen LogP contribution in [-0.2, 0) is 24.4 Å². The van der Waals surface area contributed by atoms with Gasteiger partial charge in [0.2, 0.25) is 15.6 Å². The molecular weight excluding hydrogens is 564 g/mol. The third kappa shape index (κ3) is 8.08. The standard InChI is InChI=1S/C33H38N4O5S/c1-23(2)17-18-41-22-33(20-29(36-42-33)26-10-8-9-24(19-26)21-34)31(38)35-27-15-13-25(14-16-27)28-11-6-7-12-30(28)43(39,40)37-32(3,4)5/h6-16,19,23,37H,17-18,20,22H2,1-5H3,(H,35,38). The fraction of sp³-hybridized carbons (Fsp3) is 0.364. The zero-order valence-corrected chi connectivity index (χ0v) is 26.0. The van der Waals surface area contributed by atoms with Crippen molar-refractivity contribution in [3.63, 3.8) is 0 Å². The third-order valence-corrected chi connectivity index (χ3v) is 8.58. The van der Waals surface area contributed by atoms with Gasteiger partial charge in [0.25, 0.3) is 5.91 Å². The molecule has 9 nitrogen and oxygen atoms in total. The summed E-state index contributed by atoms with van der Waals surface area (Å²) in [4.78, 5) is 19.7. The molecule has 1 heterocycles. The first kappa shape index (κ1) is 31.9. The van der Waals surface area contributed by atoms with Gasteiger partial charge in [0.15, 0.2) is 0 Å². The van der Waals surface area contributed by atoms with Gasteiger partial charge < -0.3 is 14.9 Å². The minimum Gasteiger partial charge on any atom is -0.377 e. The van der Waals surface area contributed by atoms with Crippen molar-refractivity contribution in [3.8, 4) is 17.2 Å². The Labute approximate surface area is 254 Å². The Morgan fingerprint density at radius 2 is 1.79 bits per heavy atom. The van der Waals surface area contributed by atoms with Crippen LogP contribution in [0.4, 0.5) is 5.69 Å². The smallest absolute Gasteiger partial charge is 0.274 e. The van der Waals surface area contributed by atoms with Gasteiger partial charge in [-0.15, -0.1) is 0 Å². The van der Waals surface area contributed by atoms with E-state index in [4.69, 9.17) is 9.57 Å². The summed E-state index contributed by atoms with van der Waals surface area (Å²) < 4.78 is 34.9. The van der Waals surface area contributed by atoms with Crippen molar-refractivity contribution in [2.45, 2.75) is 63.5 Å². The second kappa shape index (κ2) is 13.1. The maximum atomic E-state index is 13.7. The number of ether oxygens (including phenoxy) is 1. The lowest BCUT2D eigenvalue weighted by atomic mass is 9.93. The SMILES string of the molecule is CC(C)CCOCC1(C(=O)Nc2ccc(-c3ccccc3S(=O)(=O)NC(C)(C)C)cc2)CC(c2cccc(C#N)c2)=NO1. The van der Waals surface area contributed by atoms with Crippen LogP contribution in [0.2, 0.25) is 0 Å². The third-order valence-electron chi connectivity index (χ3n) is 6.77. The van der Waals surface area contributed by atoms with E-state index in [-0.39, 0.29) is 17.9 Å². The number of hydrogen-bond donors (Lipinski definition) is 2. The summed E-state index contributed by atoms with van der Waals surface area (Å²) in [6.45, 7) is 10.0. The van der Waals surface area contributed by atoms with Gasteiger partial charge in [0, 0.05) is 35.4 Å². The Kier molecular flexibility index (Phi) is 9.70. The second-order valence-electron chi connectivity index (χ2n) is 12.1. The molecule has 43 heavy (non-hydrogen) atoms. The van der Waals surface area contributed by atoms with Crippen molar-refractivity contribution in [2.24, 2.45) is 11.1 Å². The number of carbonyl (C=O) groups is 1. The van der Waals surface area contributed by atoms with Gasteiger partial charge in [-0.05, 0) is 69.0 Å². The fourth-order valence-electron chi connectivity index (χ4n) is 4.60. The number of oxime groups is 1. The van der Waals surface area contributed by atoms with Crippen molar-refractivity contribution >= 4 is 27.3 Å². The molecule has 1 atom stereocenters. The number of nitriles is 1. The number of amides is 1. The van der Waals surface area contributed by atoms with E-state index in [1.54, 1.807) is 87.5 Å². The van der Waals surface area contributed by atoms with Crippen molar-refractivity contribution in [1.29, 1.82) is 5.26 Å². The van der Waals surface area contributed by atoms with E-state index >= 15 is 0 Å². The first-order valence-corrected chi connectivity index (χ1v) is 15.7. The Morgan fingerprint density at radius 3 is 2.47 bits per heavy atom. The number of nitrogens with zero attached hydrogens (tertiary/aromatic N) is 2. The van der Waals surface area contributed by atoms with Gasteiger partial charge in [-0.25, -0.2) is 13.1 Å². The topological polar surface area (TPSA) is 130 Å². The number of nitrogens with one attached hydrogen (secondary N) is 2. The highest BCUT2D eigenvalue weighted by Gasteiger charge is 2.47. The van der Waals surface area contributed by atoms with Gasteiger partial charge in [-0.2, -0.15) is 5.26 Å². The van der Waals surface area contributed by atoms with Crippen molar-refractivity contribution in [2.75, 3.05) is 18.5 Å². The molecule has 1 aliphatic heterocycles. The summed E-state index contributed by atoms with van der Waals surface area (Å²) in [5, 5.41) is 16.5. The second-order valence-corrected chi connectivity index (χ2v) is 13.8. The minimum atomic E-state index is -3.78. The van der Waals surface area contributed by atoms with E-state index in [9.17, 15) is 18.5 Å². The van der Waals surface area contributed by atoms with Crippen LogP contribution in [0.25, 0.3) is 11.1 Å². The summed E-state index contributed by atoms with van der Waals surface area (Å²) in [6, 6.07) is 22.9. The Bertz CT molecular complexity index is 1640. The molecule has 1 aliphatic rings. The van der Waals surface area contributed by atoms with Crippen molar-refractivity contribution < 1.29 is 22.8 Å². The number of sulfonamides is 1. The molecule has 226 valence electrons. The van der Waals surface area contributed by atoms with Gasteiger partial charge >= 0.3 is 0 Å². The molecule has 0 aliphatic carbocycles. The Hall–Kier alpha value is -4.04. The minimum absolute atomic E-state index is 0.000585. The molecule has 0 spiro atoms. The summed E-state index contributed by atoms with van der Waals surface area (Å²) >= 11 is 0. The maximum Gasteiger partial charge on any atom is 0.274 e. The van der Waals surface area contributed by atoms with E-state index < -0.39 is 27.1 Å². The molecule has 4 rings (SSSR count). The summed E-state index contributed by atoms with van der Waals surface area (Å²) in [5.41, 5.74) is 1.44. The fourth-order valence-corrected chi connectivity index (χ4v) is 6.25. The van der Waals surface area contributed by atoms with Crippen LogP contribution in [0.3, 0.4) is 0 Å². The first-order valence-electron chi connectivity index (χ1n) is 14.2. The lowest BCUT2D eigenvalue weighted by Gasteiger charge is -2.25. The van der Waals surface area contributed by atoms with Gasteiger partial charge in [-0.3, -0.25) is 4.79 Å². The average Bonchev–Trinajstić information content (AvgIpc) is 3.40. The molecule has 1 amide bonds. The molecule has 0 radical (unpaired) electrons. The molecule has 3 aromatic carbocycles. The van der Waals surface area contributed by atoms with E-state index in [2.05, 4.69) is 35.1 Å². The van der Waals surface area contributed by atoms with Crippen LogP contribution in [0.5, 0.6) is 0 Å². The summed E-state index contributed by atoms with van der Waals surface area (Å²) in [7, 11) is -3.78. The predicted octanol–water partition coefficient (Wildman–Crippen LogP) is 5.87. The number of carbonyl (C=O) groups excluding carboxylic acids is 1. The highest BCUT2D eigenvalue weighted by Crippen LogP contribution is 2.32.